The molecule has 2 nitrogen and oxygen atoms in total. The first kappa shape index (κ1) is 13.3. The second kappa shape index (κ2) is 5.02. The topological polar surface area (TPSA) is 29.5 Å². The Kier molecular flexibility index (Phi) is 4.16. The van der Waals surface area contributed by atoms with Crippen LogP contribution in [0.25, 0.3) is 0 Å². The van der Waals surface area contributed by atoms with Crippen molar-refractivity contribution in [2.45, 2.75) is 40.0 Å². The quantitative estimate of drug-likeness (QED) is 0.811. The molecule has 0 aromatic heterocycles. The maximum Gasteiger partial charge on any atom is 0.205 e. The van der Waals surface area contributed by atoms with Crippen LogP contribution < -0.4 is 0 Å². The minimum atomic E-state index is -0.790. The van der Waals surface area contributed by atoms with Crippen molar-refractivity contribution >= 4 is 9.04 Å². The molecule has 0 fully saturated rings. The predicted molar refractivity (Wildman–Crippen MR) is 68.9 cm³/mol. The molecule has 0 bridgehead atoms. The lowest BCUT2D eigenvalue weighted by Crippen LogP contribution is -2.25. The van der Waals surface area contributed by atoms with Crippen LogP contribution in [0.1, 0.15) is 32.4 Å². The normalized spacial score (nSPS) is 14.1. The van der Waals surface area contributed by atoms with Gasteiger partial charge in [-0.3, -0.25) is 0 Å². The fourth-order valence-corrected chi connectivity index (χ4v) is 2.60. The molecular weight excluding hydrogens is 216 g/mol. The molecule has 1 aromatic carbocycles. The number of rotatable bonds is 3. The Hall–Kier alpha value is -0.803. The molecule has 0 heterocycles. The van der Waals surface area contributed by atoms with E-state index in [1.165, 1.54) is 0 Å². The molecular formula is C13H21O2Si. The maximum atomic E-state index is 9.89. The molecule has 0 aliphatic heterocycles. The van der Waals surface area contributed by atoms with Gasteiger partial charge >= 0.3 is 0 Å². The van der Waals surface area contributed by atoms with Crippen molar-refractivity contribution in [1.82, 2.24) is 0 Å². The summed E-state index contributed by atoms with van der Waals surface area (Å²) in [5, 5.41) is 9.89. The van der Waals surface area contributed by atoms with Gasteiger partial charge in [0.05, 0.1) is 6.10 Å². The zero-order valence-electron chi connectivity index (χ0n) is 10.7. The lowest BCUT2D eigenvalue weighted by atomic mass is 9.84. The molecule has 0 saturated carbocycles. The molecule has 1 N–H and O–H groups in total. The molecule has 0 saturated heterocycles. The average Bonchev–Trinajstić information content (AvgIpc) is 2.13. The van der Waals surface area contributed by atoms with Gasteiger partial charge in [0.2, 0.25) is 9.04 Å². The molecule has 1 radical (unpaired) electrons. The van der Waals surface area contributed by atoms with Crippen molar-refractivity contribution in [2.75, 3.05) is 0 Å². The zero-order chi connectivity index (χ0) is 12.3. The number of phenolic OH excluding ortho intramolecular Hbond substituents is 1. The Labute approximate surface area is 100.0 Å². The van der Waals surface area contributed by atoms with Crippen LogP contribution >= 0.6 is 0 Å². The monoisotopic (exact) mass is 237 g/mol. The predicted octanol–water partition coefficient (Wildman–Crippen LogP) is 3.75. The molecule has 1 unspecified atom stereocenters. The first-order valence-corrected chi connectivity index (χ1v) is 7.98. The van der Waals surface area contributed by atoms with Crippen LogP contribution in [0.3, 0.4) is 0 Å². The Morgan fingerprint density at radius 3 is 2.19 bits per heavy atom. The summed E-state index contributed by atoms with van der Waals surface area (Å²) in [4.78, 5) is 0. The van der Waals surface area contributed by atoms with Gasteiger partial charge in [0.15, 0.2) is 0 Å². The van der Waals surface area contributed by atoms with Gasteiger partial charge in [0.1, 0.15) is 5.75 Å². The lowest BCUT2D eigenvalue weighted by molar-refractivity contribution is 0.0842. The van der Waals surface area contributed by atoms with Crippen LogP contribution in [0.15, 0.2) is 24.3 Å². The number of phenols is 1. The third-order valence-electron chi connectivity index (χ3n) is 2.36. The van der Waals surface area contributed by atoms with Crippen molar-refractivity contribution in [3.05, 3.63) is 29.8 Å². The highest BCUT2D eigenvalue weighted by molar-refractivity contribution is 6.48. The number of hydrogen-bond donors (Lipinski definition) is 1. The molecule has 89 valence electrons. The first-order chi connectivity index (χ1) is 7.32. The first-order valence-electron chi connectivity index (χ1n) is 5.57. The molecule has 1 aromatic rings. The molecule has 0 spiro atoms. The van der Waals surface area contributed by atoms with Crippen LogP contribution in [0.2, 0.25) is 13.1 Å². The van der Waals surface area contributed by atoms with Gasteiger partial charge in [0.25, 0.3) is 0 Å². The summed E-state index contributed by atoms with van der Waals surface area (Å²) in [5.74, 6) is 0.325. The highest BCUT2D eigenvalue weighted by atomic mass is 28.3. The molecule has 1 atom stereocenters. The summed E-state index contributed by atoms with van der Waals surface area (Å²) in [6.45, 7) is 10.6. The van der Waals surface area contributed by atoms with Gasteiger partial charge in [-0.1, -0.05) is 39.0 Å². The summed E-state index contributed by atoms with van der Waals surface area (Å²) in [6.07, 6.45) is -0.0439. The van der Waals surface area contributed by atoms with Gasteiger partial charge in [-0.05, 0) is 24.6 Å². The Morgan fingerprint density at radius 2 is 1.75 bits per heavy atom. The third-order valence-corrected chi connectivity index (χ3v) is 3.07. The van der Waals surface area contributed by atoms with Crippen LogP contribution in [0.4, 0.5) is 0 Å². The maximum absolute atomic E-state index is 9.89. The van der Waals surface area contributed by atoms with Crippen molar-refractivity contribution in [1.29, 1.82) is 0 Å². The Balaban J connectivity index is 3.07. The summed E-state index contributed by atoms with van der Waals surface area (Å²) in [7, 11) is -0.790. The largest absolute Gasteiger partial charge is 0.508 e. The van der Waals surface area contributed by atoms with Gasteiger partial charge in [-0.2, -0.15) is 0 Å². The number of hydrogen-bond acceptors (Lipinski definition) is 2. The van der Waals surface area contributed by atoms with Crippen LogP contribution in [0, 0.1) is 5.41 Å². The average molecular weight is 237 g/mol. The summed E-state index contributed by atoms with van der Waals surface area (Å²) in [6, 6.07) is 7.43. The summed E-state index contributed by atoms with van der Waals surface area (Å²) < 4.78 is 6.02. The van der Waals surface area contributed by atoms with E-state index >= 15 is 0 Å². The highest BCUT2D eigenvalue weighted by Gasteiger charge is 2.29. The van der Waals surface area contributed by atoms with E-state index in [1.54, 1.807) is 6.07 Å². The van der Waals surface area contributed by atoms with Gasteiger partial charge in [0, 0.05) is 5.56 Å². The Morgan fingerprint density at radius 1 is 1.19 bits per heavy atom. The minimum Gasteiger partial charge on any atom is -0.508 e. The second-order valence-electron chi connectivity index (χ2n) is 5.33. The standard InChI is InChI=1S/C13H21O2Si/c1-13(2,3)12(15-16(4)5)10-8-6-7-9-11(10)14/h6-9,12,14H,1-5H3. The van der Waals surface area contributed by atoms with E-state index in [2.05, 4.69) is 33.9 Å². The highest BCUT2D eigenvalue weighted by Crippen LogP contribution is 2.40. The molecule has 0 aliphatic carbocycles. The molecule has 0 aliphatic rings. The van der Waals surface area contributed by atoms with Crippen LogP contribution in [-0.2, 0) is 4.43 Å². The molecule has 3 heteroatoms. The molecule has 0 amide bonds. The van der Waals surface area contributed by atoms with E-state index < -0.39 is 9.04 Å². The van der Waals surface area contributed by atoms with E-state index in [9.17, 15) is 5.11 Å². The second-order valence-corrected chi connectivity index (χ2v) is 7.38. The fraction of sp³-hybridized carbons (Fsp3) is 0.538. The number of aromatic hydroxyl groups is 1. The molecule has 1 rings (SSSR count). The van der Waals surface area contributed by atoms with Gasteiger partial charge in [-0.25, -0.2) is 0 Å². The zero-order valence-corrected chi connectivity index (χ0v) is 11.7. The minimum absolute atomic E-state index is 0.0131. The lowest BCUT2D eigenvalue weighted by Gasteiger charge is -2.33. The van der Waals surface area contributed by atoms with Gasteiger partial charge < -0.3 is 9.53 Å². The van der Waals surface area contributed by atoms with E-state index in [1.807, 2.05) is 18.2 Å². The summed E-state index contributed by atoms with van der Waals surface area (Å²) >= 11 is 0. The van der Waals surface area contributed by atoms with Crippen molar-refractivity contribution in [3.63, 3.8) is 0 Å². The SMILES string of the molecule is C[Si](C)OC(c1ccccc1O)C(C)(C)C. The van der Waals surface area contributed by atoms with Crippen molar-refractivity contribution < 1.29 is 9.53 Å². The van der Waals surface area contributed by atoms with Crippen LogP contribution in [0.5, 0.6) is 5.75 Å². The fourth-order valence-electron chi connectivity index (χ4n) is 1.65. The van der Waals surface area contributed by atoms with E-state index in [0.29, 0.717) is 5.75 Å². The number of para-hydroxylation sites is 1. The van der Waals surface area contributed by atoms with E-state index in [-0.39, 0.29) is 11.5 Å². The van der Waals surface area contributed by atoms with Gasteiger partial charge in [-0.15, -0.1) is 0 Å². The Bertz CT molecular complexity index is 342. The van der Waals surface area contributed by atoms with E-state index in [4.69, 9.17) is 4.43 Å². The molecule has 16 heavy (non-hydrogen) atoms. The van der Waals surface area contributed by atoms with E-state index in [0.717, 1.165) is 5.56 Å². The van der Waals surface area contributed by atoms with Crippen molar-refractivity contribution in [2.24, 2.45) is 5.41 Å². The number of benzene rings is 1. The summed E-state index contributed by atoms with van der Waals surface area (Å²) in [5.41, 5.74) is 0.877. The third kappa shape index (κ3) is 3.35. The smallest absolute Gasteiger partial charge is 0.205 e. The van der Waals surface area contributed by atoms with Crippen LogP contribution in [-0.4, -0.2) is 14.1 Å². The van der Waals surface area contributed by atoms with Crippen molar-refractivity contribution in [3.8, 4) is 5.75 Å².